The van der Waals surface area contributed by atoms with Gasteiger partial charge in [0.05, 0.1) is 13.7 Å². The molecule has 132 valence electrons. The molecule has 0 unspecified atom stereocenters. The predicted molar refractivity (Wildman–Crippen MR) is 99.9 cm³/mol. The molecule has 1 N–H and O–H groups in total. The van der Waals surface area contributed by atoms with Gasteiger partial charge in [-0.3, -0.25) is 9.69 Å². The smallest absolute Gasteiger partial charge is 0.234 e. The molecule has 2 aromatic rings. The molecule has 25 heavy (non-hydrogen) atoms. The van der Waals surface area contributed by atoms with Gasteiger partial charge in [0.15, 0.2) is 0 Å². The number of nitrogens with one attached hydrogen (secondary N) is 1. The minimum Gasteiger partial charge on any atom is -0.496 e. The Morgan fingerprint density at radius 2 is 2.16 bits per heavy atom. The average molecular weight is 356 g/mol. The first-order valence-electron chi connectivity index (χ1n) is 8.95. The van der Waals surface area contributed by atoms with Crippen LogP contribution in [0.4, 0.5) is 0 Å². The van der Waals surface area contributed by atoms with E-state index in [9.17, 15) is 4.79 Å². The molecule has 1 aliphatic carbocycles. The second kappa shape index (κ2) is 7.18. The second-order valence-corrected chi connectivity index (χ2v) is 7.89. The average Bonchev–Trinajstić information content (AvgIpc) is 3.36. The number of carbonyl (C=O) groups is 1. The lowest BCUT2D eigenvalue weighted by atomic mass is 9.96. The van der Waals surface area contributed by atoms with Crippen molar-refractivity contribution in [1.82, 2.24) is 10.2 Å². The van der Waals surface area contributed by atoms with Crippen molar-refractivity contribution >= 4 is 17.2 Å². The minimum absolute atomic E-state index is 0.0928. The number of hydrogen-bond acceptors (Lipinski definition) is 4. The third-order valence-corrected chi connectivity index (χ3v) is 6.20. The van der Waals surface area contributed by atoms with E-state index in [-0.39, 0.29) is 5.91 Å². The molecule has 4 nitrogen and oxygen atoms in total. The Morgan fingerprint density at radius 3 is 2.96 bits per heavy atom. The van der Waals surface area contributed by atoms with E-state index in [0.29, 0.717) is 19.1 Å². The number of nitrogens with zero attached hydrogens (tertiary/aromatic N) is 1. The summed E-state index contributed by atoms with van der Waals surface area (Å²) in [4.78, 5) is 16.4. The zero-order valence-corrected chi connectivity index (χ0v) is 15.3. The highest BCUT2D eigenvalue weighted by Crippen LogP contribution is 2.48. The maximum atomic E-state index is 12.5. The Balaban J connectivity index is 1.39. The van der Waals surface area contributed by atoms with Crippen molar-refractivity contribution < 1.29 is 9.53 Å². The number of para-hydroxylation sites is 1. The van der Waals surface area contributed by atoms with Gasteiger partial charge in [-0.05, 0) is 48.3 Å². The summed E-state index contributed by atoms with van der Waals surface area (Å²) in [6, 6.07) is 10.5. The molecule has 0 saturated heterocycles. The van der Waals surface area contributed by atoms with Gasteiger partial charge in [0.2, 0.25) is 5.91 Å². The van der Waals surface area contributed by atoms with Gasteiger partial charge in [-0.2, -0.15) is 0 Å². The summed E-state index contributed by atoms with van der Waals surface area (Å²) in [5.74, 6) is 1.64. The second-order valence-electron chi connectivity index (χ2n) is 6.89. The van der Waals surface area contributed by atoms with E-state index < -0.39 is 0 Å². The fourth-order valence-electron chi connectivity index (χ4n) is 3.82. The first-order valence-corrected chi connectivity index (χ1v) is 9.83. The molecule has 1 aromatic carbocycles. The molecule has 2 aliphatic rings. The van der Waals surface area contributed by atoms with E-state index in [1.807, 2.05) is 35.6 Å². The van der Waals surface area contributed by atoms with Gasteiger partial charge in [0, 0.05) is 29.6 Å². The van der Waals surface area contributed by atoms with Crippen LogP contribution in [-0.4, -0.2) is 31.0 Å². The zero-order valence-electron chi connectivity index (χ0n) is 14.5. The highest BCUT2D eigenvalue weighted by atomic mass is 32.1. The summed E-state index contributed by atoms with van der Waals surface area (Å²) in [6.07, 6.45) is 3.65. The van der Waals surface area contributed by atoms with E-state index in [2.05, 4.69) is 21.7 Å². The van der Waals surface area contributed by atoms with Crippen molar-refractivity contribution in [2.24, 2.45) is 5.92 Å². The van der Waals surface area contributed by atoms with E-state index in [4.69, 9.17) is 4.74 Å². The van der Waals surface area contributed by atoms with Gasteiger partial charge in [0.25, 0.3) is 0 Å². The summed E-state index contributed by atoms with van der Waals surface area (Å²) in [5, 5.41) is 5.26. The molecular formula is C20H24N2O2S. The van der Waals surface area contributed by atoms with Crippen LogP contribution in [0.25, 0.3) is 0 Å². The number of rotatable bonds is 6. The number of ether oxygens (including phenoxy) is 1. The third-order valence-electron chi connectivity index (χ3n) is 5.20. The molecule has 1 amide bonds. The Bertz CT molecular complexity index is 754. The first kappa shape index (κ1) is 16.6. The van der Waals surface area contributed by atoms with Gasteiger partial charge in [-0.25, -0.2) is 0 Å². The molecule has 0 radical (unpaired) electrons. The first-order chi connectivity index (χ1) is 12.3. The van der Waals surface area contributed by atoms with Crippen LogP contribution in [0.1, 0.15) is 34.9 Å². The van der Waals surface area contributed by atoms with Crippen LogP contribution >= 0.6 is 11.3 Å². The molecule has 2 heterocycles. The molecule has 5 heteroatoms. The van der Waals surface area contributed by atoms with Crippen LogP contribution in [0.2, 0.25) is 0 Å². The van der Waals surface area contributed by atoms with Gasteiger partial charge in [0.1, 0.15) is 5.75 Å². The van der Waals surface area contributed by atoms with Gasteiger partial charge in [-0.1, -0.05) is 18.2 Å². The number of carbonyl (C=O) groups excluding carboxylic acids is 1. The van der Waals surface area contributed by atoms with Crippen LogP contribution < -0.4 is 10.1 Å². The number of benzene rings is 1. The Labute approximate surface area is 152 Å². The highest BCUT2D eigenvalue weighted by Gasteiger charge is 2.40. The molecule has 0 bridgehead atoms. The fraction of sp³-hybridized carbons (Fsp3) is 0.450. The lowest BCUT2D eigenvalue weighted by Gasteiger charge is -2.35. The largest absolute Gasteiger partial charge is 0.496 e. The van der Waals surface area contributed by atoms with E-state index in [0.717, 1.165) is 30.2 Å². The van der Waals surface area contributed by atoms with Crippen molar-refractivity contribution in [2.45, 2.75) is 31.8 Å². The molecule has 1 fully saturated rings. The Kier molecular flexibility index (Phi) is 4.77. The number of fused-ring (bicyclic) bond motifs is 1. The van der Waals surface area contributed by atoms with Gasteiger partial charge < -0.3 is 10.1 Å². The van der Waals surface area contributed by atoms with Crippen molar-refractivity contribution in [3.8, 4) is 5.75 Å². The molecule has 0 spiro atoms. The summed E-state index contributed by atoms with van der Waals surface area (Å²) in [5.41, 5.74) is 2.48. The number of amides is 1. The van der Waals surface area contributed by atoms with Gasteiger partial charge >= 0.3 is 0 Å². The predicted octanol–water partition coefficient (Wildman–Crippen LogP) is 3.38. The summed E-state index contributed by atoms with van der Waals surface area (Å²) in [7, 11) is 1.66. The Morgan fingerprint density at radius 1 is 1.32 bits per heavy atom. The summed E-state index contributed by atoms with van der Waals surface area (Å²) in [6.45, 7) is 1.97. The molecule has 1 aromatic heterocycles. The van der Waals surface area contributed by atoms with Crippen molar-refractivity contribution in [3.63, 3.8) is 0 Å². The molecule has 1 atom stereocenters. The maximum Gasteiger partial charge on any atom is 0.234 e. The summed E-state index contributed by atoms with van der Waals surface area (Å²) < 4.78 is 5.35. The minimum atomic E-state index is 0.0928. The molecular weight excluding hydrogens is 332 g/mol. The molecule has 4 rings (SSSR count). The maximum absolute atomic E-state index is 12.5. The third kappa shape index (κ3) is 3.58. The lowest BCUT2D eigenvalue weighted by Crippen LogP contribution is -2.42. The SMILES string of the molecule is COc1ccccc1CNC(=O)CN1CCc2sccc2[C@H]1C1CC1. The van der Waals surface area contributed by atoms with E-state index in [1.54, 1.807) is 7.11 Å². The van der Waals surface area contributed by atoms with Crippen LogP contribution in [-0.2, 0) is 17.8 Å². The van der Waals surface area contributed by atoms with Crippen LogP contribution in [0, 0.1) is 5.92 Å². The van der Waals surface area contributed by atoms with Crippen LogP contribution in [0.15, 0.2) is 35.7 Å². The van der Waals surface area contributed by atoms with E-state index >= 15 is 0 Å². The monoisotopic (exact) mass is 356 g/mol. The summed E-state index contributed by atoms with van der Waals surface area (Å²) >= 11 is 1.87. The highest BCUT2D eigenvalue weighted by molar-refractivity contribution is 7.10. The van der Waals surface area contributed by atoms with E-state index in [1.165, 1.54) is 23.3 Å². The normalized spacial score (nSPS) is 20.1. The number of thiophene rings is 1. The van der Waals surface area contributed by atoms with Crippen molar-refractivity contribution in [3.05, 3.63) is 51.7 Å². The standard InChI is InChI=1S/C20H24N2O2S/c1-24-17-5-3-2-4-15(17)12-21-19(23)13-22-10-8-18-16(9-11-25-18)20(22)14-6-7-14/h2-5,9,11,14,20H,6-8,10,12-13H2,1H3,(H,21,23)/t20-/m1/s1. The van der Waals surface area contributed by atoms with Crippen molar-refractivity contribution in [2.75, 3.05) is 20.2 Å². The molecule has 1 aliphatic heterocycles. The fourth-order valence-corrected chi connectivity index (χ4v) is 4.74. The van der Waals surface area contributed by atoms with Gasteiger partial charge in [-0.15, -0.1) is 11.3 Å². The van der Waals surface area contributed by atoms with Crippen LogP contribution in [0.5, 0.6) is 5.75 Å². The van der Waals surface area contributed by atoms with Crippen molar-refractivity contribution in [1.29, 1.82) is 0 Å². The quantitative estimate of drug-likeness (QED) is 0.863. The van der Waals surface area contributed by atoms with Crippen LogP contribution in [0.3, 0.4) is 0 Å². The number of methoxy groups -OCH3 is 1. The Hall–Kier alpha value is -1.85. The topological polar surface area (TPSA) is 41.6 Å². The lowest BCUT2D eigenvalue weighted by molar-refractivity contribution is -0.123. The zero-order chi connectivity index (χ0) is 17.2. The molecule has 1 saturated carbocycles. The number of hydrogen-bond donors (Lipinski definition) is 1.